The standard InChI is InChI=1S/C18H20N2O3S/c1-12-6-5-7-13(10-12)14-11-15(14)18(21)19-16-8-3-4-9-17(16)20-24(2,22)23/h3-10,14-15,20H,11H2,1-2H3,(H,19,21)/t14-,15-/m0/s1. The van der Waals surface area contributed by atoms with E-state index in [-0.39, 0.29) is 17.7 Å². The Morgan fingerprint density at radius 2 is 1.79 bits per heavy atom. The molecule has 24 heavy (non-hydrogen) atoms. The van der Waals surface area contributed by atoms with Crippen LogP contribution in [-0.2, 0) is 14.8 Å². The van der Waals surface area contributed by atoms with Crippen molar-refractivity contribution >= 4 is 27.3 Å². The molecular formula is C18H20N2O3S. The van der Waals surface area contributed by atoms with E-state index in [4.69, 9.17) is 0 Å². The first kappa shape index (κ1) is 16.5. The van der Waals surface area contributed by atoms with Crippen molar-refractivity contribution in [1.29, 1.82) is 0 Å². The van der Waals surface area contributed by atoms with Gasteiger partial charge < -0.3 is 5.32 Å². The highest BCUT2D eigenvalue weighted by Gasteiger charge is 2.44. The number of nitrogens with one attached hydrogen (secondary N) is 2. The fourth-order valence-corrected chi connectivity index (χ4v) is 3.44. The Morgan fingerprint density at radius 3 is 2.46 bits per heavy atom. The minimum absolute atomic E-state index is 0.0712. The third kappa shape index (κ3) is 3.94. The predicted octanol–water partition coefficient (Wildman–Crippen LogP) is 3.11. The van der Waals surface area contributed by atoms with Crippen LogP contribution in [0.25, 0.3) is 0 Å². The first-order valence-electron chi connectivity index (χ1n) is 7.78. The van der Waals surface area contributed by atoms with E-state index < -0.39 is 10.0 Å². The normalized spacial score (nSPS) is 19.6. The van der Waals surface area contributed by atoms with Gasteiger partial charge in [-0.3, -0.25) is 9.52 Å². The number of carbonyl (C=O) groups excluding carboxylic acids is 1. The Balaban J connectivity index is 1.71. The van der Waals surface area contributed by atoms with Gasteiger partial charge in [-0.25, -0.2) is 8.42 Å². The molecule has 126 valence electrons. The number of carbonyl (C=O) groups is 1. The molecule has 0 heterocycles. The number of rotatable bonds is 5. The van der Waals surface area contributed by atoms with E-state index in [1.165, 1.54) is 11.1 Å². The van der Waals surface area contributed by atoms with E-state index in [9.17, 15) is 13.2 Å². The van der Waals surface area contributed by atoms with Crippen molar-refractivity contribution in [3.63, 3.8) is 0 Å². The zero-order chi connectivity index (χ0) is 17.3. The molecule has 0 radical (unpaired) electrons. The van der Waals surface area contributed by atoms with Gasteiger partial charge in [-0.15, -0.1) is 0 Å². The summed E-state index contributed by atoms with van der Waals surface area (Å²) in [6.07, 6.45) is 1.90. The Labute approximate surface area is 142 Å². The fourth-order valence-electron chi connectivity index (χ4n) is 2.86. The highest BCUT2D eigenvalue weighted by molar-refractivity contribution is 7.92. The molecule has 0 aliphatic heterocycles. The number of hydrogen-bond acceptors (Lipinski definition) is 3. The second-order valence-corrected chi connectivity index (χ2v) is 8.02. The molecule has 1 aliphatic carbocycles. The summed E-state index contributed by atoms with van der Waals surface area (Å²) < 4.78 is 25.3. The van der Waals surface area contributed by atoms with Crippen molar-refractivity contribution in [2.75, 3.05) is 16.3 Å². The van der Waals surface area contributed by atoms with E-state index in [0.29, 0.717) is 11.4 Å². The molecule has 3 rings (SSSR count). The minimum atomic E-state index is -3.40. The van der Waals surface area contributed by atoms with Crippen molar-refractivity contribution < 1.29 is 13.2 Å². The molecule has 2 aromatic carbocycles. The molecule has 2 atom stereocenters. The van der Waals surface area contributed by atoms with Crippen LogP contribution in [0.1, 0.15) is 23.5 Å². The van der Waals surface area contributed by atoms with Gasteiger partial charge in [-0.2, -0.15) is 0 Å². The summed E-state index contributed by atoms with van der Waals surface area (Å²) in [5.74, 6) is 0.0854. The first-order valence-corrected chi connectivity index (χ1v) is 9.67. The van der Waals surface area contributed by atoms with Crippen LogP contribution in [0.2, 0.25) is 0 Å². The van der Waals surface area contributed by atoms with Gasteiger partial charge in [0.25, 0.3) is 0 Å². The van der Waals surface area contributed by atoms with E-state index in [2.05, 4.69) is 16.1 Å². The number of para-hydroxylation sites is 2. The van der Waals surface area contributed by atoms with Crippen molar-refractivity contribution in [3.8, 4) is 0 Å². The van der Waals surface area contributed by atoms with Crippen LogP contribution in [0.15, 0.2) is 48.5 Å². The van der Waals surface area contributed by atoms with Crippen LogP contribution >= 0.6 is 0 Å². The summed E-state index contributed by atoms with van der Waals surface area (Å²) in [4.78, 5) is 12.5. The SMILES string of the molecule is Cc1cccc([C@@H]2C[C@@H]2C(=O)Nc2ccccc2NS(C)(=O)=O)c1. The Morgan fingerprint density at radius 1 is 1.08 bits per heavy atom. The summed E-state index contributed by atoms with van der Waals surface area (Å²) >= 11 is 0. The van der Waals surface area contributed by atoms with Crippen molar-refractivity contribution in [2.24, 2.45) is 5.92 Å². The number of hydrogen-bond donors (Lipinski definition) is 2. The van der Waals surface area contributed by atoms with Gasteiger partial charge in [-0.1, -0.05) is 42.0 Å². The van der Waals surface area contributed by atoms with Crippen molar-refractivity contribution in [1.82, 2.24) is 0 Å². The van der Waals surface area contributed by atoms with E-state index in [1.807, 2.05) is 25.1 Å². The largest absolute Gasteiger partial charge is 0.324 e. The van der Waals surface area contributed by atoms with Crippen LogP contribution < -0.4 is 10.0 Å². The summed E-state index contributed by atoms with van der Waals surface area (Å²) in [6.45, 7) is 2.04. The highest BCUT2D eigenvalue weighted by Crippen LogP contribution is 2.48. The van der Waals surface area contributed by atoms with E-state index >= 15 is 0 Å². The lowest BCUT2D eigenvalue weighted by molar-refractivity contribution is -0.117. The molecule has 2 N–H and O–H groups in total. The summed E-state index contributed by atoms with van der Waals surface area (Å²) in [6, 6.07) is 15.0. The molecule has 0 aromatic heterocycles. The maximum Gasteiger partial charge on any atom is 0.229 e. The second kappa shape index (κ2) is 6.28. The molecule has 0 spiro atoms. The Bertz CT molecular complexity index is 877. The summed E-state index contributed by atoms with van der Waals surface area (Å²) in [5, 5.41) is 2.84. The average Bonchev–Trinajstić information content (AvgIpc) is 3.28. The molecule has 6 heteroatoms. The zero-order valence-corrected chi connectivity index (χ0v) is 14.4. The fraction of sp³-hybridized carbons (Fsp3) is 0.278. The molecule has 0 saturated heterocycles. The Hall–Kier alpha value is -2.34. The molecule has 1 amide bonds. The second-order valence-electron chi connectivity index (χ2n) is 6.27. The van der Waals surface area contributed by atoms with Gasteiger partial charge >= 0.3 is 0 Å². The van der Waals surface area contributed by atoms with Crippen molar-refractivity contribution in [3.05, 3.63) is 59.7 Å². The maximum absolute atomic E-state index is 12.5. The molecular weight excluding hydrogens is 324 g/mol. The lowest BCUT2D eigenvalue weighted by atomic mass is 10.1. The summed E-state index contributed by atoms with van der Waals surface area (Å²) in [7, 11) is -3.40. The third-order valence-corrected chi connectivity index (χ3v) is 4.67. The molecule has 0 unspecified atom stereocenters. The van der Waals surface area contributed by atoms with Crippen LogP contribution in [0.5, 0.6) is 0 Å². The smallest absolute Gasteiger partial charge is 0.229 e. The van der Waals surface area contributed by atoms with E-state index in [1.54, 1.807) is 24.3 Å². The van der Waals surface area contributed by atoms with E-state index in [0.717, 1.165) is 12.7 Å². The topological polar surface area (TPSA) is 75.3 Å². The van der Waals surface area contributed by atoms with Gasteiger partial charge in [0, 0.05) is 5.92 Å². The van der Waals surface area contributed by atoms with Crippen molar-refractivity contribution in [2.45, 2.75) is 19.3 Å². The number of aryl methyl sites for hydroxylation is 1. The minimum Gasteiger partial charge on any atom is -0.324 e. The van der Waals surface area contributed by atoms with Crippen LogP contribution in [0.4, 0.5) is 11.4 Å². The first-order chi connectivity index (χ1) is 11.3. The van der Waals surface area contributed by atoms with Gasteiger partial charge in [0.15, 0.2) is 0 Å². The molecule has 1 fully saturated rings. The lowest BCUT2D eigenvalue weighted by Crippen LogP contribution is -2.17. The number of amides is 1. The van der Waals surface area contributed by atoms with Gasteiger partial charge in [-0.05, 0) is 37.0 Å². The Kier molecular flexibility index (Phi) is 4.32. The average molecular weight is 344 g/mol. The molecule has 1 saturated carbocycles. The molecule has 5 nitrogen and oxygen atoms in total. The third-order valence-electron chi connectivity index (χ3n) is 4.08. The predicted molar refractivity (Wildman–Crippen MR) is 95.6 cm³/mol. The highest BCUT2D eigenvalue weighted by atomic mass is 32.2. The number of sulfonamides is 1. The summed E-state index contributed by atoms with van der Waals surface area (Å²) in [5.41, 5.74) is 3.21. The van der Waals surface area contributed by atoms with Crippen LogP contribution in [-0.4, -0.2) is 20.6 Å². The maximum atomic E-state index is 12.5. The molecule has 0 bridgehead atoms. The monoisotopic (exact) mass is 344 g/mol. The van der Waals surface area contributed by atoms with Gasteiger partial charge in [0.05, 0.1) is 17.6 Å². The molecule has 1 aliphatic rings. The molecule has 2 aromatic rings. The number of anilines is 2. The quantitative estimate of drug-likeness (QED) is 0.875. The number of benzene rings is 2. The van der Waals surface area contributed by atoms with Crippen LogP contribution in [0.3, 0.4) is 0 Å². The zero-order valence-electron chi connectivity index (χ0n) is 13.6. The van der Waals surface area contributed by atoms with Gasteiger partial charge in [0.1, 0.15) is 0 Å². The van der Waals surface area contributed by atoms with Crippen LogP contribution in [0, 0.1) is 12.8 Å². The lowest BCUT2D eigenvalue weighted by Gasteiger charge is -2.12. The van der Waals surface area contributed by atoms with Gasteiger partial charge in [0.2, 0.25) is 15.9 Å².